The summed E-state index contributed by atoms with van der Waals surface area (Å²) in [7, 11) is -0.522. The third-order valence-electron chi connectivity index (χ3n) is 7.90. The Labute approximate surface area is 174 Å². The van der Waals surface area contributed by atoms with Crippen LogP contribution in [-0.2, 0) is 10.0 Å². The molecule has 1 aliphatic heterocycles. The largest absolute Gasteiger partial charge is 0.497 e. The lowest BCUT2D eigenvalue weighted by molar-refractivity contribution is -0.0964. The molecule has 0 spiro atoms. The summed E-state index contributed by atoms with van der Waals surface area (Å²) in [6.07, 6.45) is 8.30. The predicted octanol–water partition coefficient (Wildman–Crippen LogP) is 2.98. The zero-order valence-electron chi connectivity index (χ0n) is 17.5. The van der Waals surface area contributed by atoms with Crippen molar-refractivity contribution in [2.75, 3.05) is 40.4 Å². The van der Waals surface area contributed by atoms with Crippen LogP contribution in [-0.4, -0.2) is 63.6 Å². The van der Waals surface area contributed by atoms with Crippen molar-refractivity contribution in [3.8, 4) is 11.5 Å². The van der Waals surface area contributed by atoms with E-state index in [1.165, 1.54) is 45.6 Å². The van der Waals surface area contributed by atoms with Crippen molar-refractivity contribution in [2.24, 2.45) is 17.8 Å². The highest BCUT2D eigenvalue weighted by Crippen LogP contribution is 2.57. The van der Waals surface area contributed by atoms with Crippen LogP contribution in [0.4, 0.5) is 0 Å². The lowest BCUT2D eigenvalue weighted by Crippen LogP contribution is -2.64. The van der Waals surface area contributed by atoms with Crippen LogP contribution in [0.15, 0.2) is 23.1 Å². The van der Waals surface area contributed by atoms with E-state index < -0.39 is 10.0 Å². The van der Waals surface area contributed by atoms with Crippen molar-refractivity contribution >= 4 is 10.0 Å². The van der Waals surface area contributed by atoms with Crippen molar-refractivity contribution in [3.63, 3.8) is 0 Å². The van der Waals surface area contributed by atoms with Gasteiger partial charge < -0.3 is 9.47 Å². The fourth-order valence-corrected chi connectivity index (χ4v) is 8.54. The van der Waals surface area contributed by atoms with Crippen LogP contribution in [0.1, 0.15) is 38.5 Å². The third-order valence-corrected chi connectivity index (χ3v) is 9.84. The molecule has 4 saturated carbocycles. The predicted molar refractivity (Wildman–Crippen MR) is 111 cm³/mol. The van der Waals surface area contributed by atoms with Crippen LogP contribution < -0.4 is 9.47 Å². The van der Waals surface area contributed by atoms with E-state index in [1.54, 1.807) is 29.6 Å². The molecule has 29 heavy (non-hydrogen) atoms. The standard InChI is InChI=1S/C22H32N2O4S/c1-27-19-3-4-21(20(12-19)28-2)29(25,26)24-7-5-23(6-8-24)22-13-16-9-17(14-22)11-18(10-16)15-22/h3-4,12,16-18H,5-11,13-15H2,1-2H3. The summed E-state index contributed by atoms with van der Waals surface area (Å²) >= 11 is 0. The molecule has 0 atom stereocenters. The molecule has 0 aromatic heterocycles. The number of hydrogen-bond acceptors (Lipinski definition) is 5. The summed E-state index contributed by atoms with van der Waals surface area (Å²) in [6, 6.07) is 4.91. The van der Waals surface area contributed by atoms with Gasteiger partial charge in [0.25, 0.3) is 0 Å². The van der Waals surface area contributed by atoms with Crippen LogP contribution in [0.25, 0.3) is 0 Å². The lowest BCUT2D eigenvalue weighted by atomic mass is 9.52. The van der Waals surface area contributed by atoms with E-state index in [-0.39, 0.29) is 4.90 Å². The van der Waals surface area contributed by atoms with Crippen LogP contribution >= 0.6 is 0 Å². The molecule has 6 nitrogen and oxygen atoms in total. The van der Waals surface area contributed by atoms with Gasteiger partial charge >= 0.3 is 0 Å². The average Bonchev–Trinajstić information content (AvgIpc) is 2.72. The number of piperazine rings is 1. The smallest absolute Gasteiger partial charge is 0.246 e. The maximum Gasteiger partial charge on any atom is 0.246 e. The van der Waals surface area contributed by atoms with Crippen LogP contribution in [0.2, 0.25) is 0 Å². The second kappa shape index (κ2) is 7.13. The van der Waals surface area contributed by atoms with Gasteiger partial charge in [-0.25, -0.2) is 8.42 Å². The number of rotatable bonds is 5. The Hall–Kier alpha value is -1.31. The SMILES string of the molecule is COc1ccc(S(=O)(=O)N2CCN(C34CC5CC(CC(C5)C3)C4)CC2)c(OC)c1. The number of methoxy groups -OCH3 is 2. The fourth-order valence-electron chi connectivity index (χ4n) is 6.98. The van der Waals surface area contributed by atoms with Crippen LogP contribution in [0.3, 0.4) is 0 Å². The molecular formula is C22H32N2O4S. The van der Waals surface area contributed by atoms with E-state index in [9.17, 15) is 8.42 Å². The topological polar surface area (TPSA) is 59.1 Å². The Morgan fingerprint density at radius 1 is 0.897 bits per heavy atom. The Kier molecular flexibility index (Phi) is 4.83. The lowest BCUT2D eigenvalue weighted by Gasteiger charge is -2.61. The normalized spacial score (nSPS) is 35.0. The van der Waals surface area contributed by atoms with Crippen LogP contribution in [0.5, 0.6) is 11.5 Å². The molecule has 0 unspecified atom stereocenters. The summed E-state index contributed by atoms with van der Waals surface area (Å²) in [4.78, 5) is 2.87. The van der Waals surface area contributed by atoms with Gasteiger partial charge in [0.2, 0.25) is 10.0 Å². The minimum absolute atomic E-state index is 0.226. The van der Waals surface area contributed by atoms with Gasteiger partial charge in [-0.15, -0.1) is 0 Å². The van der Waals surface area contributed by atoms with Gasteiger partial charge in [-0.3, -0.25) is 4.90 Å². The molecule has 0 amide bonds. The third kappa shape index (κ3) is 3.26. The molecule has 0 radical (unpaired) electrons. The highest BCUT2D eigenvalue weighted by Gasteiger charge is 2.54. The molecule has 4 aliphatic carbocycles. The van der Waals surface area contributed by atoms with Crippen LogP contribution in [0, 0.1) is 17.8 Å². The van der Waals surface area contributed by atoms with Gasteiger partial charge in [-0.1, -0.05) is 0 Å². The molecule has 1 aromatic carbocycles. The van der Waals surface area contributed by atoms with E-state index in [2.05, 4.69) is 4.90 Å². The summed E-state index contributed by atoms with van der Waals surface area (Å²) in [5, 5.41) is 0. The number of sulfonamides is 1. The zero-order chi connectivity index (χ0) is 20.2. The highest BCUT2D eigenvalue weighted by atomic mass is 32.2. The molecular weight excluding hydrogens is 388 g/mol. The van der Waals surface area contributed by atoms with E-state index in [1.807, 2.05) is 0 Å². The van der Waals surface area contributed by atoms with Crippen molar-refractivity contribution in [1.29, 1.82) is 0 Å². The maximum absolute atomic E-state index is 13.3. The minimum atomic E-state index is -3.58. The van der Waals surface area contributed by atoms with Gasteiger partial charge in [0.15, 0.2) is 0 Å². The van der Waals surface area contributed by atoms with Gasteiger partial charge in [0.05, 0.1) is 14.2 Å². The second-order valence-electron chi connectivity index (χ2n) is 9.55. The first-order valence-corrected chi connectivity index (χ1v) is 12.3. The van der Waals surface area contributed by atoms with Gasteiger partial charge in [0.1, 0.15) is 16.4 Å². The Balaban J connectivity index is 1.32. The molecule has 1 heterocycles. The second-order valence-corrected chi connectivity index (χ2v) is 11.5. The van der Waals surface area contributed by atoms with E-state index >= 15 is 0 Å². The molecule has 1 aromatic rings. The summed E-state index contributed by atoms with van der Waals surface area (Å²) < 4.78 is 38.8. The first-order valence-electron chi connectivity index (χ1n) is 10.9. The summed E-state index contributed by atoms with van der Waals surface area (Å²) in [5.74, 6) is 3.66. The first-order chi connectivity index (χ1) is 13.9. The molecule has 0 N–H and O–H groups in total. The van der Waals surface area contributed by atoms with E-state index in [0.29, 0.717) is 30.1 Å². The molecule has 1 saturated heterocycles. The Morgan fingerprint density at radius 3 is 2.00 bits per heavy atom. The molecule has 5 aliphatic rings. The Bertz CT molecular complexity index is 842. The summed E-state index contributed by atoms with van der Waals surface area (Å²) in [5.41, 5.74) is 0.350. The van der Waals surface area contributed by atoms with Crippen molar-refractivity contribution in [3.05, 3.63) is 18.2 Å². The van der Waals surface area contributed by atoms with Crippen molar-refractivity contribution in [1.82, 2.24) is 9.21 Å². The summed E-state index contributed by atoms with van der Waals surface area (Å²) in [6.45, 7) is 2.78. The zero-order valence-corrected chi connectivity index (χ0v) is 18.3. The monoisotopic (exact) mass is 420 g/mol. The number of benzene rings is 1. The first kappa shape index (κ1) is 19.6. The quantitative estimate of drug-likeness (QED) is 0.733. The maximum atomic E-state index is 13.3. The molecule has 7 heteroatoms. The van der Waals surface area contributed by atoms with Crippen molar-refractivity contribution < 1.29 is 17.9 Å². The molecule has 160 valence electrons. The van der Waals surface area contributed by atoms with Crippen molar-refractivity contribution in [2.45, 2.75) is 49.0 Å². The van der Waals surface area contributed by atoms with Gasteiger partial charge in [-0.05, 0) is 68.4 Å². The van der Waals surface area contributed by atoms with Gasteiger partial charge in [-0.2, -0.15) is 4.31 Å². The minimum Gasteiger partial charge on any atom is -0.497 e. The van der Waals surface area contributed by atoms with Gasteiger partial charge in [0, 0.05) is 37.8 Å². The fraction of sp³-hybridized carbons (Fsp3) is 0.727. The van der Waals surface area contributed by atoms with E-state index in [0.717, 1.165) is 30.8 Å². The molecule has 5 fully saturated rings. The number of hydrogen-bond donors (Lipinski definition) is 0. The van der Waals surface area contributed by atoms with E-state index in [4.69, 9.17) is 9.47 Å². The molecule has 4 bridgehead atoms. The highest BCUT2D eigenvalue weighted by molar-refractivity contribution is 7.89. The number of ether oxygens (including phenoxy) is 2. The average molecular weight is 421 g/mol. The number of nitrogens with zero attached hydrogens (tertiary/aromatic N) is 2. The molecule has 6 rings (SSSR count). The Morgan fingerprint density at radius 2 is 1.48 bits per heavy atom.